The molecule has 4 N–H and O–H groups in total. The molecule has 0 saturated carbocycles. The van der Waals surface area contributed by atoms with Gasteiger partial charge in [-0.1, -0.05) is 0 Å². The van der Waals surface area contributed by atoms with Crippen LogP contribution in [0.4, 0.5) is 0 Å². The molecule has 0 radical (unpaired) electrons. The van der Waals surface area contributed by atoms with Crippen molar-refractivity contribution in [1.82, 2.24) is 9.55 Å². The Balaban J connectivity index is 2.44. The minimum Gasteiger partial charge on any atom is -0.394 e. The molecule has 4 atom stereocenters. The van der Waals surface area contributed by atoms with Gasteiger partial charge in [-0.3, -0.25) is 9.36 Å². The third-order valence-corrected chi connectivity index (χ3v) is 3.25. The van der Waals surface area contributed by atoms with E-state index in [1.807, 2.05) is 0 Å². The quantitative estimate of drug-likeness (QED) is 0.491. The molecule has 0 amide bonds. The van der Waals surface area contributed by atoms with Crippen molar-refractivity contribution < 1.29 is 20.1 Å². The molecule has 1 fully saturated rings. The smallest absolute Gasteiger partial charge is 0.328 e. The van der Waals surface area contributed by atoms with Crippen molar-refractivity contribution in [2.45, 2.75) is 37.9 Å². The predicted molar refractivity (Wildman–Crippen MR) is 63.7 cm³/mol. The number of aromatic nitrogens is 2. The Morgan fingerprint density at radius 3 is 2.58 bits per heavy atom. The number of H-pyrrole nitrogens is 1. The molecular formula is C11H16N2O6. The second kappa shape index (κ2) is 5.25. The summed E-state index contributed by atoms with van der Waals surface area (Å²) in [6.45, 7) is 1.34. The van der Waals surface area contributed by atoms with Gasteiger partial charge in [-0.15, -0.1) is 0 Å². The van der Waals surface area contributed by atoms with E-state index in [0.717, 1.165) is 10.8 Å². The van der Waals surface area contributed by atoms with Gasteiger partial charge in [0.15, 0.2) is 0 Å². The van der Waals surface area contributed by atoms with E-state index in [1.165, 1.54) is 0 Å². The molecule has 2 rings (SSSR count). The summed E-state index contributed by atoms with van der Waals surface area (Å²) in [5.41, 5.74) is -1.09. The summed E-state index contributed by atoms with van der Waals surface area (Å²) >= 11 is 0. The van der Waals surface area contributed by atoms with E-state index in [1.54, 1.807) is 6.92 Å². The molecule has 1 saturated heterocycles. The van der Waals surface area contributed by atoms with Crippen LogP contribution in [0.1, 0.15) is 18.6 Å². The topological polar surface area (TPSA) is 125 Å². The van der Waals surface area contributed by atoms with E-state index < -0.39 is 42.3 Å². The van der Waals surface area contributed by atoms with E-state index in [4.69, 9.17) is 9.84 Å². The third kappa shape index (κ3) is 2.23. The molecule has 106 valence electrons. The Morgan fingerprint density at radius 2 is 2.05 bits per heavy atom. The van der Waals surface area contributed by atoms with Crippen LogP contribution in [0.3, 0.4) is 0 Å². The molecule has 0 aromatic carbocycles. The molecule has 1 aliphatic heterocycles. The molecule has 0 spiro atoms. The van der Waals surface area contributed by atoms with Crippen LogP contribution in [0.5, 0.6) is 0 Å². The van der Waals surface area contributed by atoms with Crippen molar-refractivity contribution in [3.63, 3.8) is 0 Å². The van der Waals surface area contributed by atoms with E-state index in [0.29, 0.717) is 0 Å². The fourth-order valence-corrected chi connectivity index (χ4v) is 2.17. The first-order valence-electron chi connectivity index (χ1n) is 5.96. The highest BCUT2D eigenvalue weighted by Crippen LogP contribution is 2.31. The summed E-state index contributed by atoms with van der Waals surface area (Å²) < 4.78 is 6.22. The lowest BCUT2D eigenvalue weighted by atomic mass is 10.0. The van der Waals surface area contributed by atoms with E-state index in [9.17, 15) is 19.8 Å². The largest absolute Gasteiger partial charge is 0.394 e. The van der Waals surface area contributed by atoms with Crippen LogP contribution in [0.25, 0.3) is 0 Å². The maximum absolute atomic E-state index is 12.1. The molecule has 2 heterocycles. The van der Waals surface area contributed by atoms with Gasteiger partial charge in [0.1, 0.15) is 24.4 Å². The van der Waals surface area contributed by atoms with Gasteiger partial charge in [0.25, 0.3) is 5.56 Å². The van der Waals surface area contributed by atoms with Crippen molar-refractivity contribution in [2.24, 2.45) is 0 Å². The predicted octanol–water partition coefficient (Wildman–Crippen LogP) is -2.29. The zero-order valence-electron chi connectivity index (χ0n) is 10.3. The fourth-order valence-electron chi connectivity index (χ4n) is 2.17. The van der Waals surface area contributed by atoms with Crippen molar-refractivity contribution in [1.29, 1.82) is 0 Å². The van der Waals surface area contributed by atoms with E-state index >= 15 is 0 Å². The molecule has 1 aliphatic rings. The summed E-state index contributed by atoms with van der Waals surface area (Å²) in [4.78, 5) is 25.9. The summed E-state index contributed by atoms with van der Waals surface area (Å²) in [7, 11) is 0. The first kappa shape index (κ1) is 13.9. The first-order chi connectivity index (χ1) is 9.01. The summed E-state index contributed by atoms with van der Waals surface area (Å²) in [5.74, 6) is 0. The molecule has 8 nitrogen and oxygen atoms in total. The van der Waals surface area contributed by atoms with Crippen molar-refractivity contribution in [3.05, 3.63) is 32.6 Å². The number of nitrogens with zero attached hydrogens (tertiary/aromatic N) is 1. The van der Waals surface area contributed by atoms with Gasteiger partial charge in [-0.2, -0.15) is 0 Å². The zero-order chi connectivity index (χ0) is 14.2. The molecule has 1 aromatic rings. The minimum atomic E-state index is -1.33. The van der Waals surface area contributed by atoms with E-state index in [2.05, 4.69) is 4.98 Å². The lowest BCUT2D eigenvalue weighted by Gasteiger charge is -2.14. The lowest BCUT2D eigenvalue weighted by Crippen LogP contribution is -2.39. The molecule has 0 bridgehead atoms. The molecule has 0 aliphatic carbocycles. The normalized spacial score (nSPS) is 30.7. The number of rotatable bonds is 3. The third-order valence-electron chi connectivity index (χ3n) is 3.25. The number of nitrogens with one attached hydrogen (secondary N) is 1. The lowest BCUT2D eigenvalue weighted by molar-refractivity contribution is -0.0233. The molecule has 1 aromatic heterocycles. The molecule has 8 heteroatoms. The van der Waals surface area contributed by atoms with Crippen LogP contribution >= 0.6 is 0 Å². The Labute approximate surface area is 107 Å². The number of aliphatic hydroxyl groups excluding tert-OH is 3. The van der Waals surface area contributed by atoms with Gasteiger partial charge in [0.2, 0.25) is 0 Å². The average molecular weight is 272 g/mol. The van der Waals surface area contributed by atoms with Gasteiger partial charge in [-0.05, 0) is 6.92 Å². The van der Waals surface area contributed by atoms with Crippen LogP contribution < -0.4 is 11.2 Å². The number of hydrogen-bond donors (Lipinski definition) is 4. The van der Waals surface area contributed by atoms with Gasteiger partial charge in [-0.25, -0.2) is 4.79 Å². The Kier molecular flexibility index (Phi) is 3.85. The summed E-state index contributed by atoms with van der Waals surface area (Å²) in [5, 5.41) is 28.5. The van der Waals surface area contributed by atoms with E-state index in [-0.39, 0.29) is 12.1 Å². The number of aromatic amines is 1. The molecule has 1 unspecified atom stereocenters. The van der Waals surface area contributed by atoms with Crippen LogP contribution in [0.2, 0.25) is 0 Å². The number of hydrogen-bond acceptors (Lipinski definition) is 6. The highest BCUT2D eigenvalue weighted by Gasteiger charge is 2.44. The van der Waals surface area contributed by atoms with Crippen LogP contribution in [-0.2, 0) is 11.3 Å². The standard InChI is InChI=1S/C11H16N2O6/c1-2-13-10(17)5(3-12-11(13)18)9-8(16)7(15)6(4-14)19-9/h3,6-9,14-16H,2,4H2,1H3,(H,12,18)/t6-,7?,8+,9+/m1/s1. The summed E-state index contributed by atoms with van der Waals surface area (Å²) in [6, 6.07) is 0. The monoisotopic (exact) mass is 272 g/mol. The number of aliphatic hydroxyl groups is 3. The van der Waals surface area contributed by atoms with Crippen LogP contribution in [-0.4, -0.2) is 49.8 Å². The van der Waals surface area contributed by atoms with Gasteiger partial charge >= 0.3 is 5.69 Å². The van der Waals surface area contributed by atoms with Gasteiger partial charge in [0.05, 0.1) is 12.2 Å². The van der Waals surface area contributed by atoms with Crippen LogP contribution in [0, 0.1) is 0 Å². The Hall–Kier alpha value is -1.48. The molecular weight excluding hydrogens is 256 g/mol. The average Bonchev–Trinajstić information content (AvgIpc) is 2.67. The maximum Gasteiger partial charge on any atom is 0.328 e. The molecule has 19 heavy (non-hydrogen) atoms. The minimum absolute atomic E-state index is 0.0453. The maximum atomic E-state index is 12.1. The van der Waals surface area contributed by atoms with Crippen molar-refractivity contribution >= 4 is 0 Å². The second-order valence-electron chi connectivity index (χ2n) is 4.36. The van der Waals surface area contributed by atoms with Crippen molar-refractivity contribution in [3.8, 4) is 0 Å². The highest BCUT2D eigenvalue weighted by atomic mass is 16.6. The Bertz CT molecular complexity index is 565. The second-order valence-corrected chi connectivity index (χ2v) is 4.36. The zero-order valence-corrected chi connectivity index (χ0v) is 10.3. The number of ether oxygens (including phenoxy) is 1. The van der Waals surface area contributed by atoms with Crippen molar-refractivity contribution in [2.75, 3.05) is 6.61 Å². The van der Waals surface area contributed by atoms with Gasteiger partial charge in [0, 0.05) is 12.7 Å². The summed E-state index contributed by atoms with van der Waals surface area (Å²) in [6.07, 6.45) is -3.48. The fraction of sp³-hybridized carbons (Fsp3) is 0.636. The van der Waals surface area contributed by atoms with Gasteiger partial charge < -0.3 is 25.0 Å². The highest BCUT2D eigenvalue weighted by molar-refractivity contribution is 5.14. The Morgan fingerprint density at radius 1 is 1.37 bits per heavy atom. The first-order valence-corrected chi connectivity index (χ1v) is 5.96. The SMILES string of the molecule is CCn1c(=O)[nH]cc([C@@H]2O[C@H](CO)C(O)[C@@H]2O)c1=O. The van der Waals surface area contributed by atoms with Crippen LogP contribution in [0.15, 0.2) is 15.8 Å².